The van der Waals surface area contributed by atoms with Gasteiger partial charge in [0.25, 0.3) is 0 Å². The zero-order chi connectivity index (χ0) is 16.9. The molecule has 4 N–H and O–H groups in total. The number of pyridine rings is 1. The number of aromatic amines is 1. The third-order valence-electron chi connectivity index (χ3n) is 2.81. The number of H-pyrrole nitrogens is 1. The maximum Gasteiger partial charge on any atom is 0.234 e. The van der Waals surface area contributed by atoms with Crippen LogP contribution in [0.3, 0.4) is 0 Å². The molecule has 0 amide bonds. The fourth-order valence-electron chi connectivity index (χ4n) is 1.83. The second kappa shape index (κ2) is 7.87. The summed E-state index contributed by atoms with van der Waals surface area (Å²) in [6, 6.07) is 4.71. The number of rotatable bonds is 3. The van der Waals surface area contributed by atoms with Crippen LogP contribution in [-0.4, -0.2) is 23.4 Å². The van der Waals surface area contributed by atoms with Gasteiger partial charge in [-0.05, 0) is 18.2 Å². The molecule has 0 aliphatic rings. The third kappa shape index (κ3) is 3.43. The normalized spacial score (nSPS) is 9.68. The van der Waals surface area contributed by atoms with Gasteiger partial charge >= 0.3 is 0 Å². The molecule has 1 heterocycles. The maximum atomic E-state index is 12.0. The highest BCUT2D eigenvalue weighted by atomic mass is 35.5. The van der Waals surface area contributed by atoms with Crippen molar-refractivity contribution in [2.24, 2.45) is 0 Å². The quantitative estimate of drug-likeness (QED) is 0.633. The summed E-state index contributed by atoms with van der Waals surface area (Å²) >= 11 is 12.0. The van der Waals surface area contributed by atoms with Crippen molar-refractivity contribution in [1.29, 1.82) is 5.41 Å². The van der Waals surface area contributed by atoms with Gasteiger partial charge in [-0.25, -0.2) is 0 Å². The first-order valence-electron chi connectivity index (χ1n) is 6.62. The molecule has 5 nitrogen and oxygen atoms in total. The van der Waals surface area contributed by atoms with Crippen LogP contribution in [0.15, 0.2) is 23.0 Å². The highest BCUT2D eigenvalue weighted by Gasteiger charge is 2.17. The van der Waals surface area contributed by atoms with Crippen LogP contribution >= 0.6 is 23.2 Å². The zero-order valence-corrected chi connectivity index (χ0v) is 13.9. The van der Waals surface area contributed by atoms with E-state index >= 15 is 0 Å². The van der Waals surface area contributed by atoms with Gasteiger partial charge in [0.1, 0.15) is 5.82 Å². The summed E-state index contributed by atoms with van der Waals surface area (Å²) in [5.41, 5.74) is -0.0692. The number of aromatic nitrogens is 1. The number of benzene rings is 1. The molecular formula is C15H17Cl2N3O2. The van der Waals surface area contributed by atoms with Gasteiger partial charge in [0.05, 0.1) is 16.3 Å². The summed E-state index contributed by atoms with van der Waals surface area (Å²) in [5.74, 6) is -0.194. The van der Waals surface area contributed by atoms with Crippen molar-refractivity contribution in [3.8, 4) is 17.0 Å². The molecule has 0 unspecified atom stereocenters. The SMILES string of the molecule is CC.CNc1[nH]c(-c2cc(Cl)ccc2Cl)c(O)c(=O)c1C=N. The number of halogens is 2. The minimum absolute atomic E-state index is 0.0342. The van der Waals surface area contributed by atoms with Gasteiger partial charge in [0.15, 0.2) is 5.75 Å². The van der Waals surface area contributed by atoms with E-state index in [1.54, 1.807) is 25.2 Å². The number of anilines is 1. The van der Waals surface area contributed by atoms with Crippen molar-refractivity contribution in [2.45, 2.75) is 13.8 Å². The fourth-order valence-corrected chi connectivity index (χ4v) is 2.21. The molecule has 1 aromatic heterocycles. The molecule has 0 fully saturated rings. The summed E-state index contributed by atoms with van der Waals surface area (Å²) in [6.45, 7) is 4.00. The Kier molecular flexibility index (Phi) is 6.46. The average molecular weight is 342 g/mol. The van der Waals surface area contributed by atoms with Crippen molar-refractivity contribution in [2.75, 3.05) is 12.4 Å². The molecule has 0 spiro atoms. The Morgan fingerprint density at radius 3 is 2.50 bits per heavy atom. The van der Waals surface area contributed by atoms with Gasteiger partial charge in [-0.15, -0.1) is 0 Å². The lowest BCUT2D eigenvalue weighted by Gasteiger charge is -2.12. The van der Waals surface area contributed by atoms with Crippen molar-refractivity contribution < 1.29 is 5.11 Å². The molecule has 118 valence electrons. The molecule has 1 aromatic carbocycles. The van der Waals surface area contributed by atoms with E-state index in [1.807, 2.05) is 13.8 Å². The van der Waals surface area contributed by atoms with Crippen LogP contribution < -0.4 is 10.7 Å². The van der Waals surface area contributed by atoms with E-state index in [0.29, 0.717) is 21.4 Å². The van der Waals surface area contributed by atoms with E-state index in [-0.39, 0.29) is 11.3 Å². The number of hydrogen-bond donors (Lipinski definition) is 4. The van der Waals surface area contributed by atoms with Crippen molar-refractivity contribution in [3.63, 3.8) is 0 Å². The van der Waals surface area contributed by atoms with E-state index < -0.39 is 11.2 Å². The van der Waals surface area contributed by atoms with E-state index in [4.69, 9.17) is 28.6 Å². The van der Waals surface area contributed by atoms with E-state index in [1.165, 1.54) is 0 Å². The van der Waals surface area contributed by atoms with Crippen LogP contribution in [-0.2, 0) is 0 Å². The van der Waals surface area contributed by atoms with Crippen LogP contribution in [0.2, 0.25) is 10.0 Å². The lowest BCUT2D eigenvalue weighted by molar-refractivity contribution is 0.470. The summed E-state index contributed by atoms with van der Waals surface area (Å²) in [4.78, 5) is 14.9. The van der Waals surface area contributed by atoms with Crippen LogP contribution in [0.1, 0.15) is 19.4 Å². The van der Waals surface area contributed by atoms with Crippen LogP contribution in [0.5, 0.6) is 5.75 Å². The Balaban J connectivity index is 0.00000116. The second-order valence-electron chi connectivity index (χ2n) is 3.98. The molecule has 0 saturated carbocycles. The molecular weight excluding hydrogens is 325 g/mol. The predicted molar refractivity (Wildman–Crippen MR) is 93.0 cm³/mol. The van der Waals surface area contributed by atoms with Gasteiger partial charge in [0, 0.05) is 23.8 Å². The average Bonchev–Trinajstić information content (AvgIpc) is 2.54. The number of nitrogens with one attached hydrogen (secondary N) is 3. The second-order valence-corrected chi connectivity index (χ2v) is 4.83. The Hall–Kier alpha value is -1.98. The van der Waals surface area contributed by atoms with Crippen molar-refractivity contribution in [1.82, 2.24) is 4.98 Å². The lowest BCUT2D eigenvalue weighted by atomic mass is 10.1. The van der Waals surface area contributed by atoms with Gasteiger partial charge in [-0.1, -0.05) is 37.0 Å². The molecule has 0 bridgehead atoms. The molecule has 2 aromatic rings. The summed E-state index contributed by atoms with van der Waals surface area (Å²) in [6.07, 6.45) is 0.869. The number of aromatic hydroxyl groups is 1. The predicted octanol–water partition coefficient (Wildman–Crippen LogP) is 4.12. The molecule has 0 aliphatic carbocycles. The molecule has 0 saturated heterocycles. The first-order chi connectivity index (χ1) is 10.5. The Bertz CT molecular complexity index is 742. The zero-order valence-electron chi connectivity index (χ0n) is 12.4. The van der Waals surface area contributed by atoms with E-state index in [9.17, 15) is 9.90 Å². The minimum atomic E-state index is -0.658. The molecule has 0 radical (unpaired) electrons. The van der Waals surface area contributed by atoms with Gasteiger partial charge in [0.2, 0.25) is 5.43 Å². The standard InChI is InChI=1S/C13H11Cl2N3O2.C2H6/c1-17-13-8(5-16)11(19)12(20)10(18-13)7-4-6(14)2-3-9(7)15;1-2/h2-5,16,20H,1H3,(H2,17,18,19);1-2H3. The number of hydrogen-bond acceptors (Lipinski definition) is 4. The highest BCUT2D eigenvalue weighted by molar-refractivity contribution is 6.35. The molecule has 0 aliphatic heterocycles. The largest absolute Gasteiger partial charge is 0.503 e. The van der Waals surface area contributed by atoms with Gasteiger partial charge < -0.3 is 20.8 Å². The van der Waals surface area contributed by atoms with Crippen LogP contribution in [0.4, 0.5) is 5.82 Å². The fraction of sp³-hybridized carbons (Fsp3) is 0.200. The van der Waals surface area contributed by atoms with E-state index in [2.05, 4.69) is 10.3 Å². The van der Waals surface area contributed by atoms with Gasteiger partial charge in [-0.2, -0.15) is 0 Å². The lowest BCUT2D eigenvalue weighted by Crippen LogP contribution is -2.14. The summed E-state index contributed by atoms with van der Waals surface area (Å²) in [5, 5.41) is 20.8. The van der Waals surface area contributed by atoms with Crippen molar-refractivity contribution >= 4 is 35.2 Å². The molecule has 2 rings (SSSR count). The van der Waals surface area contributed by atoms with Crippen LogP contribution in [0, 0.1) is 5.41 Å². The topological polar surface area (TPSA) is 89.0 Å². The Morgan fingerprint density at radius 1 is 1.32 bits per heavy atom. The molecule has 22 heavy (non-hydrogen) atoms. The van der Waals surface area contributed by atoms with Crippen molar-refractivity contribution in [3.05, 3.63) is 44.0 Å². The Labute approximate surface area is 138 Å². The highest BCUT2D eigenvalue weighted by Crippen LogP contribution is 2.34. The summed E-state index contributed by atoms with van der Waals surface area (Å²) in [7, 11) is 1.60. The smallest absolute Gasteiger partial charge is 0.234 e. The molecule has 0 atom stereocenters. The minimum Gasteiger partial charge on any atom is -0.503 e. The van der Waals surface area contributed by atoms with Gasteiger partial charge in [-0.3, -0.25) is 4.79 Å². The monoisotopic (exact) mass is 341 g/mol. The van der Waals surface area contributed by atoms with E-state index in [0.717, 1.165) is 6.21 Å². The first-order valence-corrected chi connectivity index (χ1v) is 7.38. The first kappa shape index (κ1) is 18.1. The third-order valence-corrected chi connectivity index (χ3v) is 3.37. The van der Waals surface area contributed by atoms with Crippen LogP contribution in [0.25, 0.3) is 11.3 Å². The maximum absolute atomic E-state index is 12.0. The Morgan fingerprint density at radius 2 is 1.95 bits per heavy atom. The molecule has 7 heteroatoms. The summed E-state index contributed by atoms with van der Waals surface area (Å²) < 4.78 is 0.